The van der Waals surface area contributed by atoms with Gasteiger partial charge in [-0.2, -0.15) is 0 Å². The average molecular weight is 499 g/mol. The van der Waals surface area contributed by atoms with Gasteiger partial charge in [0.05, 0.1) is 15.6 Å². The molecule has 0 aliphatic carbocycles. The van der Waals surface area contributed by atoms with Crippen LogP contribution in [0, 0.1) is 0 Å². The zero-order valence-corrected chi connectivity index (χ0v) is 20.8. The molecule has 9 heteroatoms. The zero-order chi connectivity index (χ0) is 24.6. The van der Waals surface area contributed by atoms with E-state index >= 15 is 0 Å². The average Bonchev–Trinajstić information content (AvgIpc) is 3.15. The Morgan fingerprint density at radius 2 is 1.86 bits per heavy atom. The molecule has 6 rings (SSSR count). The molecule has 1 amide bonds. The van der Waals surface area contributed by atoms with Crippen molar-refractivity contribution >= 4 is 49.1 Å². The van der Waals surface area contributed by atoms with Crippen LogP contribution >= 0.6 is 11.3 Å². The predicted molar refractivity (Wildman–Crippen MR) is 144 cm³/mol. The van der Waals surface area contributed by atoms with E-state index in [2.05, 4.69) is 27.1 Å². The maximum absolute atomic E-state index is 13.7. The van der Waals surface area contributed by atoms with E-state index in [4.69, 9.17) is 4.98 Å². The van der Waals surface area contributed by atoms with Crippen LogP contribution in [0.15, 0.2) is 65.7 Å². The molecule has 8 nitrogen and oxygen atoms in total. The minimum Gasteiger partial charge on any atom is -0.355 e. The molecule has 0 spiro atoms. The van der Waals surface area contributed by atoms with Crippen LogP contribution in [0.25, 0.3) is 26.1 Å². The standard InChI is InChI=1S/C27H26N6O2S/c1-31-13-4-14-32(16-15-31)22-8-7-19-24(34)23(26(35)29-17-18-9-11-28-12-10-18)27-33(25(19)30-22)20-5-2-3-6-21(20)36-27/h2-3,5-12H,4,13-17H2,1H3,(H,29,35). The lowest BCUT2D eigenvalue weighted by Gasteiger charge is -2.22. The van der Waals surface area contributed by atoms with Crippen LogP contribution in [-0.2, 0) is 6.54 Å². The highest BCUT2D eigenvalue weighted by molar-refractivity contribution is 7.24. The van der Waals surface area contributed by atoms with Gasteiger partial charge in [-0.1, -0.05) is 12.1 Å². The summed E-state index contributed by atoms with van der Waals surface area (Å²) >= 11 is 1.44. The molecule has 1 N–H and O–H groups in total. The normalized spacial score (nSPS) is 15.0. The van der Waals surface area contributed by atoms with E-state index in [0.29, 0.717) is 22.4 Å². The van der Waals surface area contributed by atoms with Crippen molar-refractivity contribution in [1.29, 1.82) is 0 Å². The summed E-state index contributed by atoms with van der Waals surface area (Å²) in [6.45, 7) is 4.14. The molecule has 0 saturated carbocycles. The number of amides is 1. The minimum absolute atomic E-state index is 0.156. The number of anilines is 1. The Labute approximate surface area is 211 Å². The van der Waals surface area contributed by atoms with Gasteiger partial charge in [0, 0.05) is 38.6 Å². The molecule has 1 saturated heterocycles. The molecule has 0 atom stereocenters. The van der Waals surface area contributed by atoms with Gasteiger partial charge < -0.3 is 15.1 Å². The molecule has 0 bridgehead atoms. The number of nitrogens with one attached hydrogen (secondary N) is 1. The predicted octanol–water partition coefficient (Wildman–Crippen LogP) is 3.53. The number of likely N-dealkylation sites (N-methyl/N-ethyl adjacent to an activating group) is 1. The Hall–Kier alpha value is -3.82. The number of benzene rings is 1. The maximum Gasteiger partial charge on any atom is 0.258 e. The van der Waals surface area contributed by atoms with E-state index in [9.17, 15) is 9.59 Å². The van der Waals surface area contributed by atoms with E-state index in [1.54, 1.807) is 12.4 Å². The van der Waals surface area contributed by atoms with Crippen molar-refractivity contribution in [3.8, 4) is 0 Å². The summed E-state index contributed by atoms with van der Waals surface area (Å²) in [5.41, 5.74) is 2.31. The number of aromatic nitrogens is 3. The van der Waals surface area contributed by atoms with Crippen molar-refractivity contribution in [1.82, 2.24) is 24.6 Å². The zero-order valence-electron chi connectivity index (χ0n) is 20.0. The van der Waals surface area contributed by atoms with E-state index in [-0.39, 0.29) is 16.9 Å². The van der Waals surface area contributed by atoms with Gasteiger partial charge >= 0.3 is 0 Å². The summed E-state index contributed by atoms with van der Waals surface area (Å²) in [4.78, 5) is 41.4. The van der Waals surface area contributed by atoms with Gasteiger partial charge in [0.25, 0.3) is 5.91 Å². The van der Waals surface area contributed by atoms with Crippen molar-refractivity contribution in [3.63, 3.8) is 0 Å². The number of carbonyl (C=O) groups is 1. The highest BCUT2D eigenvalue weighted by Crippen LogP contribution is 2.31. The van der Waals surface area contributed by atoms with Crippen molar-refractivity contribution in [2.45, 2.75) is 13.0 Å². The molecule has 182 valence electrons. The fraction of sp³-hybridized carbons (Fsp3) is 0.259. The SMILES string of the molecule is CN1CCCN(c2ccc3c(=O)c(C(=O)NCc4ccncc4)c4sc5ccccc5n4c3n2)CC1. The first kappa shape index (κ1) is 22.6. The number of hydrogen-bond acceptors (Lipinski definition) is 7. The topological polar surface area (TPSA) is 82.8 Å². The molecule has 1 aliphatic rings. The fourth-order valence-electron chi connectivity index (χ4n) is 4.80. The van der Waals surface area contributed by atoms with Crippen molar-refractivity contribution in [2.75, 3.05) is 38.1 Å². The van der Waals surface area contributed by atoms with Gasteiger partial charge in [-0.15, -0.1) is 11.3 Å². The van der Waals surface area contributed by atoms with Crippen LogP contribution in [0.2, 0.25) is 0 Å². The lowest BCUT2D eigenvalue weighted by molar-refractivity contribution is 0.0951. The Morgan fingerprint density at radius 3 is 2.72 bits per heavy atom. The highest BCUT2D eigenvalue weighted by Gasteiger charge is 2.23. The number of pyridine rings is 3. The second-order valence-corrected chi connectivity index (χ2v) is 10.2. The molecule has 4 aromatic heterocycles. The molecule has 0 radical (unpaired) electrons. The van der Waals surface area contributed by atoms with E-state index in [1.807, 2.05) is 52.9 Å². The number of carbonyl (C=O) groups excluding carboxylic acids is 1. The lowest BCUT2D eigenvalue weighted by atomic mass is 10.1. The molecule has 0 unspecified atom stereocenters. The molecule has 36 heavy (non-hydrogen) atoms. The van der Waals surface area contributed by atoms with Crippen LogP contribution in [0.1, 0.15) is 22.3 Å². The van der Waals surface area contributed by atoms with Gasteiger partial charge in [0.15, 0.2) is 5.65 Å². The summed E-state index contributed by atoms with van der Waals surface area (Å²) in [5, 5.41) is 3.37. The van der Waals surface area contributed by atoms with Crippen LogP contribution < -0.4 is 15.6 Å². The largest absolute Gasteiger partial charge is 0.355 e. The number of rotatable bonds is 4. The Kier molecular flexibility index (Phi) is 5.86. The number of hydrogen-bond donors (Lipinski definition) is 1. The quantitative estimate of drug-likeness (QED) is 0.408. The third-order valence-electron chi connectivity index (χ3n) is 6.75. The maximum atomic E-state index is 13.7. The molecule has 5 aromatic rings. The molecular formula is C27H26N6O2S. The second kappa shape index (κ2) is 9.33. The Bertz CT molecular complexity index is 1650. The molecule has 1 aliphatic heterocycles. The van der Waals surface area contributed by atoms with E-state index < -0.39 is 0 Å². The van der Waals surface area contributed by atoms with Gasteiger partial charge in [-0.25, -0.2) is 4.98 Å². The van der Waals surface area contributed by atoms with E-state index in [1.165, 1.54) is 11.3 Å². The van der Waals surface area contributed by atoms with Crippen LogP contribution in [0.5, 0.6) is 0 Å². The van der Waals surface area contributed by atoms with Crippen LogP contribution in [0.4, 0.5) is 5.82 Å². The van der Waals surface area contributed by atoms with Crippen molar-refractivity contribution < 1.29 is 4.79 Å². The van der Waals surface area contributed by atoms with Crippen LogP contribution in [-0.4, -0.2) is 58.4 Å². The number of fused-ring (bicyclic) bond motifs is 5. The minimum atomic E-state index is -0.387. The third-order valence-corrected chi connectivity index (χ3v) is 7.89. The molecular weight excluding hydrogens is 472 g/mol. The van der Waals surface area contributed by atoms with Crippen molar-refractivity contribution in [2.24, 2.45) is 0 Å². The second-order valence-electron chi connectivity index (χ2n) is 9.14. The van der Waals surface area contributed by atoms with Gasteiger partial charge in [-0.05, 0) is 62.0 Å². The van der Waals surface area contributed by atoms with Gasteiger partial charge in [0.1, 0.15) is 16.2 Å². The first-order valence-corrected chi connectivity index (χ1v) is 12.9. The fourth-order valence-corrected chi connectivity index (χ4v) is 5.98. The van der Waals surface area contributed by atoms with Crippen molar-refractivity contribution in [3.05, 3.63) is 82.3 Å². The highest BCUT2D eigenvalue weighted by atomic mass is 32.1. The third kappa shape index (κ3) is 4.00. The van der Waals surface area contributed by atoms with Gasteiger partial charge in [0.2, 0.25) is 5.43 Å². The summed E-state index contributed by atoms with van der Waals surface area (Å²) in [6, 6.07) is 15.4. The summed E-state index contributed by atoms with van der Waals surface area (Å²) < 4.78 is 2.97. The Balaban J connectivity index is 1.51. The Morgan fingerprint density at radius 1 is 1.03 bits per heavy atom. The lowest BCUT2D eigenvalue weighted by Crippen LogP contribution is -2.30. The summed E-state index contributed by atoms with van der Waals surface area (Å²) in [6.07, 6.45) is 4.42. The summed E-state index contributed by atoms with van der Waals surface area (Å²) in [7, 11) is 2.14. The monoisotopic (exact) mass is 498 g/mol. The molecule has 1 aromatic carbocycles. The van der Waals surface area contributed by atoms with Crippen LogP contribution in [0.3, 0.4) is 0 Å². The smallest absolute Gasteiger partial charge is 0.258 e. The number of para-hydroxylation sites is 1. The molecule has 5 heterocycles. The summed E-state index contributed by atoms with van der Waals surface area (Å²) in [5.74, 6) is 0.471. The first-order valence-electron chi connectivity index (χ1n) is 12.1. The number of thiazole rings is 1. The first-order chi connectivity index (χ1) is 17.6. The van der Waals surface area contributed by atoms with Gasteiger partial charge in [-0.3, -0.25) is 19.0 Å². The number of nitrogens with zero attached hydrogens (tertiary/aromatic N) is 5. The molecule has 1 fully saturated rings. The van der Waals surface area contributed by atoms with E-state index in [0.717, 1.165) is 54.2 Å².